The quantitative estimate of drug-likeness (QED) is 0.895. The number of benzene rings is 1. The number of hydrogen-bond donors (Lipinski definition) is 1. The lowest BCUT2D eigenvalue weighted by atomic mass is 9.96. The Morgan fingerprint density at radius 3 is 2.88 bits per heavy atom. The van der Waals surface area contributed by atoms with Crippen molar-refractivity contribution >= 4 is 11.7 Å². The number of hydrogen-bond acceptors (Lipinski definition) is 5. The number of nitrogens with zero attached hydrogens (tertiary/aromatic N) is 1. The van der Waals surface area contributed by atoms with Gasteiger partial charge in [-0.2, -0.15) is 0 Å². The van der Waals surface area contributed by atoms with Crippen LogP contribution < -0.4 is 4.74 Å². The Kier molecular flexibility index (Phi) is 4.57. The third kappa shape index (κ3) is 2.89. The van der Waals surface area contributed by atoms with E-state index in [1.54, 1.807) is 25.3 Å². The average molecular weight is 331 g/mol. The van der Waals surface area contributed by atoms with Crippen molar-refractivity contribution < 1.29 is 24.2 Å². The molecule has 2 aliphatic rings. The fourth-order valence-electron chi connectivity index (χ4n) is 3.37. The monoisotopic (exact) mass is 331 g/mol. The van der Waals surface area contributed by atoms with Gasteiger partial charge in [0.05, 0.1) is 24.8 Å². The molecule has 1 N–H and O–H groups in total. The molecule has 1 amide bonds. The molecule has 2 aliphatic heterocycles. The molecular formula is C18H21NO5. The van der Waals surface area contributed by atoms with E-state index in [0.717, 1.165) is 18.4 Å². The van der Waals surface area contributed by atoms with Gasteiger partial charge >= 0.3 is 0 Å². The van der Waals surface area contributed by atoms with Crippen molar-refractivity contribution in [3.8, 4) is 5.75 Å². The summed E-state index contributed by atoms with van der Waals surface area (Å²) >= 11 is 0. The number of carbonyl (C=O) groups is 2. The molecule has 128 valence electrons. The summed E-state index contributed by atoms with van der Waals surface area (Å²) in [6.07, 6.45) is 1.75. The lowest BCUT2D eigenvalue weighted by Crippen LogP contribution is -2.37. The second-order valence-corrected chi connectivity index (χ2v) is 6.09. The van der Waals surface area contributed by atoms with Crippen LogP contribution in [0.2, 0.25) is 0 Å². The molecule has 1 aromatic carbocycles. The minimum Gasteiger partial charge on any atom is -0.503 e. The maximum atomic E-state index is 12.5. The number of aliphatic hydroxyl groups is 1. The first-order chi connectivity index (χ1) is 11.5. The van der Waals surface area contributed by atoms with Gasteiger partial charge in [-0.25, -0.2) is 0 Å². The van der Waals surface area contributed by atoms with Crippen LogP contribution in [0.5, 0.6) is 5.75 Å². The van der Waals surface area contributed by atoms with Crippen LogP contribution in [-0.2, 0) is 14.3 Å². The zero-order valence-corrected chi connectivity index (χ0v) is 13.8. The average Bonchev–Trinajstić information content (AvgIpc) is 3.17. The van der Waals surface area contributed by atoms with Gasteiger partial charge in [0.2, 0.25) is 0 Å². The van der Waals surface area contributed by atoms with Gasteiger partial charge < -0.3 is 19.5 Å². The van der Waals surface area contributed by atoms with E-state index >= 15 is 0 Å². The van der Waals surface area contributed by atoms with Crippen LogP contribution in [0.15, 0.2) is 35.6 Å². The SMILES string of the molecule is COc1cccc([C@@H]2C(C(C)=O)=C(O)C(=O)N2C[C@@H]2CCCO2)c1. The first kappa shape index (κ1) is 16.5. The summed E-state index contributed by atoms with van der Waals surface area (Å²) in [5, 5.41) is 10.2. The standard InChI is InChI=1S/C18H21NO5/c1-11(20)15-16(12-5-3-6-13(9-12)23-2)19(18(22)17(15)21)10-14-7-4-8-24-14/h3,5-6,9,14,16,21H,4,7-8,10H2,1-2H3/t14-,16+/m0/s1. The van der Waals surface area contributed by atoms with E-state index in [9.17, 15) is 14.7 Å². The van der Waals surface area contributed by atoms with Gasteiger partial charge in [0, 0.05) is 13.2 Å². The molecule has 1 aromatic rings. The molecule has 0 unspecified atom stereocenters. The van der Waals surface area contributed by atoms with Gasteiger partial charge in [-0.3, -0.25) is 9.59 Å². The van der Waals surface area contributed by atoms with E-state index in [1.165, 1.54) is 11.8 Å². The number of carbonyl (C=O) groups excluding carboxylic acids is 2. The molecule has 24 heavy (non-hydrogen) atoms. The van der Waals surface area contributed by atoms with Crippen molar-refractivity contribution in [1.29, 1.82) is 0 Å². The summed E-state index contributed by atoms with van der Waals surface area (Å²) in [4.78, 5) is 26.1. The van der Waals surface area contributed by atoms with E-state index in [2.05, 4.69) is 0 Å². The van der Waals surface area contributed by atoms with Crippen LogP contribution in [0, 0.1) is 0 Å². The third-order valence-electron chi connectivity index (χ3n) is 4.52. The Hall–Kier alpha value is -2.34. The summed E-state index contributed by atoms with van der Waals surface area (Å²) in [6.45, 7) is 2.39. The summed E-state index contributed by atoms with van der Waals surface area (Å²) < 4.78 is 10.9. The molecule has 6 nitrogen and oxygen atoms in total. The maximum Gasteiger partial charge on any atom is 0.290 e. The predicted octanol–water partition coefficient (Wildman–Crippen LogP) is 2.16. The van der Waals surface area contributed by atoms with Crippen molar-refractivity contribution in [1.82, 2.24) is 4.90 Å². The van der Waals surface area contributed by atoms with E-state index < -0.39 is 17.7 Å². The zero-order valence-electron chi connectivity index (χ0n) is 13.8. The van der Waals surface area contributed by atoms with E-state index in [4.69, 9.17) is 9.47 Å². The number of rotatable bonds is 5. The lowest BCUT2D eigenvalue weighted by molar-refractivity contribution is -0.131. The fraction of sp³-hybridized carbons (Fsp3) is 0.444. The number of ketones is 1. The minimum absolute atomic E-state index is 0.0684. The van der Waals surface area contributed by atoms with Crippen LogP contribution >= 0.6 is 0 Å². The van der Waals surface area contributed by atoms with Gasteiger partial charge in [-0.05, 0) is 37.5 Å². The Morgan fingerprint density at radius 1 is 1.46 bits per heavy atom. The van der Waals surface area contributed by atoms with E-state index in [-0.39, 0.29) is 17.5 Å². The number of methoxy groups -OCH3 is 1. The zero-order chi connectivity index (χ0) is 17.3. The second kappa shape index (κ2) is 6.65. The Balaban J connectivity index is 2.00. The number of amides is 1. The van der Waals surface area contributed by atoms with Gasteiger partial charge in [0.15, 0.2) is 11.5 Å². The van der Waals surface area contributed by atoms with Crippen LogP contribution in [0.25, 0.3) is 0 Å². The molecule has 0 radical (unpaired) electrons. The number of ether oxygens (including phenoxy) is 2. The molecule has 1 fully saturated rings. The Bertz CT molecular complexity index is 690. The Morgan fingerprint density at radius 2 is 2.25 bits per heavy atom. The molecule has 0 saturated carbocycles. The third-order valence-corrected chi connectivity index (χ3v) is 4.52. The highest BCUT2D eigenvalue weighted by Crippen LogP contribution is 2.39. The first-order valence-electron chi connectivity index (χ1n) is 8.03. The van der Waals surface area contributed by atoms with Crippen molar-refractivity contribution in [2.45, 2.75) is 31.9 Å². The highest BCUT2D eigenvalue weighted by atomic mass is 16.5. The normalized spacial score (nSPS) is 23.9. The van der Waals surface area contributed by atoms with E-state index in [1.807, 2.05) is 6.07 Å². The van der Waals surface area contributed by atoms with Crippen molar-refractivity contribution in [3.63, 3.8) is 0 Å². The molecule has 2 atom stereocenters. The molecule has 1 saturated heterocycles. The fourth-order valence-corrected chi connectivity index (χ4v) is 3.37. The van der Waals surface area contributed by atoms with Crippen LogP contribution in [0.1, 0.15) is 31.4 Å². The van der Waals surface area contributed by atoms with Crippen LogP contribution in [0.4, 0.5) is 0 Å². The molecule has 0 aliphatic carbocycles. The van der Waals surface area contributed by atoms with Gasteiger partial charge in [-0.1, -0.05) is 12.1 Å². The second-order valence-electron chi connectivity index (χ2n) is 6.09. The maximum absolute atomic E-state index is 12.5. The van der Waals surface area contributed by atoms with Gasteiger partial charge in [0.1, 0.15) is 5.75 Å². The molecule has 0 aromatic heterocycles. The number of Topliss-reactive ketones (excluding diaryl/α,β-unsaturated/α-hetero) is 1. The van der Waals surface area contributed by atoms with Crippen molar-refractivity contribution in [2.75, 3.05) is 20.3 Å². The molecule has 3 rings (SSSR count). The van der Waals surface area contributed by atoms with Crippen LogP contribution in [0.3, 0.4) is 0 Å². The summed E-state index contributed by atoms with van der Waals surface area (Å²) in [6, 6.07) is 6.58. The number of aliphatic hydroxyl groups excluding tert-OH is 1. The van der Waals surface area contributed by atoms with Gasteiger partial charge in [-0.15, -0.1) is 0 Å². The lowest BCUT2D eigenvalue weighted by Gasteiger charge is -2.28. The highest BCUT2D eigenvalue weighted by molar-refractivity contribution is 6.08. The summed E-state index contributed by atoms with van der Waals surface area (Å²) in [5.74, 6) is -0.674. The summed E-state index contributed by atoms with van der Waals surface area (Å²) in [7, 11) is 1.56. The molecule has 0 spiro atoms. The minimum atomic E-state index is -0.616. The smallest absolute Gasteiger partial charge is 0.290 e. The Labute approximate surface area is 140 Å². The molecule has 6 heteroatoms. The van der Waals surface area contributed by atoms with Crippen molar-refractivity contribution in [2.24, 2.45) is 0 Å². The summed E-state index contributed by atoms with van der Waals surface area (Å²) in [5.41, 5.74) is 0.862. The largest absolute Gasteiger partial charge is 0.503 e. The van der Waals surface area contributed by atoms with E-state index in [0.29, 0.717) is 18.9 Å². The van der Waals surface area contributed by atoms with Crippen molar-refractivity contribution in [3.05, 3.63) is 41.2 Å². The first-order valence-corrected chi connectivity index (χ1v) is 8.03. The van der Waals surface area contributed by atoms with Gasteiger partial charge in [0.25, 0.3) is 5.91 Å². The molecule has 2 heterocycles. The highest BCUT2D eigenvalue weighted by Gasteiger charge is 2.43. The predicted molar refractivity (Wildman–Crippen MR) is 86.8 cm³/mol. The van der Waals surface area contributed by atoms with Crippen LogP contribution in [-0.4, -0.2) is 48.1 Å². The topological polar surface area (TPSA) is 76.1 Å². The molecular weight excluding hydrogens is 310 g/mol. The molecule has 0 bridgehead atoms.